The SMILES string of the molecule is CC(=O)c1cnoc1C1CCCNC1. The zero-order chi connectivity index (χ0) is 9.97. The van der Waals surface area contributed by atoms with E-state index in [1.165, 1.54) is 6.20 Å². The third-order valence-electron chi connectivity index (χ3n) is 2.65. The van der Waals surface area contributed by atoms with Crippen LogP contribution in [0.1, 0.15) is 41.8 Å². The fraction of sp³-hybridized carbons (Fsp3) is 0.600. The summed E-state index contributed by atoms with van der Waals surface area (Å²) in [5, 5.41) is 6.99. The standard InChI is InChI=1S/C10H14N2O2/c1-7(13)9-6-12-14-10(9)8-3-2-4-11-5-8/h6,8,11H,2-5H2,1H3. The normalized spacial score (nSPS) is 22.2. The van der Waals surface area contributed by atoms with Crippen LogP contribution in [0.4, 0.5) is 0 Å². The number of piperidine rings is 1. The maximum absolute atomic E-state index is 11.2. The molecule has 0 saturated carbocycles. The van der Waals surface area contributed by atoms with Gasteiger partial charge in [-0.05, 0) is 26.3 Å². The van der Waals surface area contributed by atoms with Crippen LogP contribution in [0, 0.1) is 0 Å². The van der Waals surface area contributed by atoms with Crippen LogP contribution in [-0.4, -0.2) is 24.0 Å². The summed E-state index contributed by atoms with van der Waals surface area (Å²) in [5.41, 5.74) is 0.638. The van der Waals surface area contributed by atoms with Gasteiger partial charge in [-0.15, -0.1) is 0 Å². The van der Waals surface area contributed by atoms with Crippen LogP contribution in [-0.2, 0) is 0 Å². The maximum Gasteiger partial charge on any atom is 0.165 e. The zero-order valence-electron chi connectivity index (χ0n) is 8.25. The van der Waals surface area contributed by atoms with Crippen molar-refractivity contribution < 1.29 is 9.32 Å². The van der Waals surface area contributed by atoms with Crippen LogP contribution in [0.2, 0.25) is 0 Å². The van der Waals surface area contributed by atoms with Crippen molar-refractivity contribution in [1.82, 2.24) is 10.5 Å². The van der Waals surface area contributed by atoms with E-state index < -0.39 is 0 Å². The second-order valence-electron chi connectivity index (χ2n) is 3.70. The molecule has 1 aliphatic heterocycles. The van der Waals surface area contributed by atoms with Gasteiger partial charge in [0.25, 0.3) is 0 Å². The van der Waals surface area contributed by atoms with Gasteiger partial charge in [-0.3, -0.25) is 4.79 Å². The molecule has 14 heavy (non-hydrogen) atoms. The second-order valence-corrected chi connectivity index (χ2v) is 3.70. The Morgan fingerprint density at radius 2 is 2.57 bits per heavy atom. The highest BCUT2D eigenvalue weighted by molar-refractivity contribution is 5.94. The molecule has 1 unspecified atom stereocenters. The highest BCUT2D eigenvalue weighted by atomic mass is 16.5. The van der Waals surface area contributed by atoms with Crippen molar-refractivity contribution in [3.8, 4) is 0 Å². The molecule has 1 atom stereocenters. The molecule has 0 spiro atoms. The molecule has 76 valence electrons. The van der Waals surface area contributed by atoms with Gasteiger partial charge in [0.1, 0.15) is 0 Å². The van der Waals surface area contributed by atoms with Gasteiger partial charge < -0.3 is 9.84 Å². The maximum atomic E-state index is 11.2. The van der Waals surface area contributed by atoms with Gasteiger partial charge in [-0.2, -0.15) is 0 Å². The van der Waals surface area contributed by atoms with E-state index in [9.17, 15) is 4.79 Å². The Morgan fingerprint density at radius 1 is 1.71 bits per heavy atom. The van der Waals surface area contributed by atoms with Crippen molar-refractivity contribution in [2.24, 2.45) is 0 Å². The number of hydrogen-bond acceptors (Lipinski definition) is 4. The molecule has 0 aliphatic carbocycles. The lowest BCUT2D eigenvalue weighted by Crippen LogP contribution is -2.28. The molecule has 0 radical (unpaired) electrons. The summed E-state index contributed by atoms with van der Waals surface area (Å²) in [4.78, 5) is 11.2. The Morgan fingerprint density at radius 3 is 3.21 bits per heavy atom. The molecule has 1 fully saturated rings. The van der Waals surface area contributed by atoms with Crippen molar-refractivity contribution in [3.05, 3.63) is 17.5 Å². The molecule has 0 aromatic carbocycles. The number of nitrogens with zero attached hydrogens (tertiary/aromatic N) is 1. The summed E-state index contributed by atoms with van der Waals surface area (Å²) in [7, 11) is 0. The minimum Gasteiger partial charge on any atom is -0.360 e. The first-order valence-electron chi connectivity index (χ1n) is 4.95. The summed E-state index contributed by atoms with van der Waals surface area (Å²) in [6.07, 6.45) is 3.72. The number of carbonyl (C=O) groups is 1. The molecular formula is C10H14N2O2. The number of Topliss-reactive ketones (excluding diaryl/α,β-unsaturated/α-hetero) is 1. The molecule has 4 heteroatoms. The van der Waals surface area contributed by atoms with Crippen molar-refractivity contribution in [2.75, 3.05) is 13.1 Å². The van der Waals surface area contributed by atoms with E-state index in [1.807, 2.05) is 0 Å². The first kappa shape index (κ1) is 9.40. The van der Waals surface area contributed by atoms with Crippen molar-refractivity contribution in [3.63, 3.8) is 0 Å². The van der Waals surface area contributed by atoms with Crippen LogP contribution >= 0.6 is 0 Å². The van der Waals surface area contributed by atoms with E-state index in [-0.39, 0.29) is 5.78 Å². The second kappa shape index (κ2) is 3.92. The number of carbonyl (C=O) groups excluding carboxylic acids is 1. The third-order valence-corrected chi connectivity index (χ3v) is 2.65. The molecule has 2 heterocycles. The van der Waals surface area contributed by atoms with Gasteiger partial charge in [-0.25, -0.2) is 0 Å². The molecule has 4 nitrogen and oxygen atoms in total. The quantitative estimate of drug-likeness (QED) is 0.722. The Bertz CT molecular complexity index is 327. The minimum absolute atomic E-state index is 0.0341. The lowest BCUT2D eigenvalue weighted by Gasteiger charge is -2.20. The van der Waals surface area contributed by atoms with E-state index in [0.717, 1.165) is 31.7 Å². The molecule has 1 N–H and O–H groups in total. The predicted octanol–water partition coefficient (Wildman–Crippen LogP) is 1.34. The molecule has 2 rings (SSSR count). The predicted molar refractivity (Wildman–Crippen MR) is 51.4 cm³/mol. The Hall–Kier alpha value is -1.16. The van der Waals surface area contributed by atoms with Crippen LogP contribution in [0.3, 0.4) is 0 Å². The van der Waals surface area contributed by atoms with E-state index in [0.29, 0.717) is 11.5 Å². The van der Waals surface area contributed by atoms with E-state index in [1.54, 1.807) is 6.92 Å². The molecule has 1 aliphatic rings. The fourth-order valence-corrected chi connectivity index (χ4v) is 1.88. The number of aromatic nitrogens is 1. The molecule has 1 saturated heterocycles. The van der Waals surface area contributed by atoms with Crippen LogP contribution in [0.5, 0.6) is 0 Å². The first-order chi connectivity index (χ1) is 6.79. The summed E-state index contributed by atoms with van der Waals surface area (Å²) in [5.74, 6) is 1.10. The van der Waals surface area contributed by atoms with Gasteiger partial charge in [-0.1, -0.05) is 5.16 Å². The summed E-state index contributed by atoms with van der Waals surface area (Å²) in [6.45, 7) is 3.49. The minimum atomic E-state index is 0.0341. The molecule has 1 aromatic rings. The van der Waals surface area contributed by atoms with Gasteiger partial charge in [0.15, 0.2) is 11.5 Å². The zero-order valence-corrected chi connectivity index (χ0v) is 8.25. The Kier molecular flexibility index (Phi) is 2.63. The highest BCUT2D eigenvalue weighted by Gasteiger charge is 2.23. The van der Waals surface area contributed by atoms with E-state index >= 15 is 0 Å². The topological polar surface area (TPSA) is 55.1 Å². The van der Waals surface area contributed by atoms with Crippen LogP contribution in [0.25, 0.3) is 0 Å². The average molecular weight is 194 g/mol. The van der Waals surface area contributed by atoms with E-state index in [4.69, 9.17) is 4.52 Å². The third kappa shape index (κ3) is 1.70. The first-order valence-corrected chi connectivity index (χ1v) is 4.95. The smallest absolute Gasteiger partial charge is 0.165 e. The van der Waals surface area contributed by atoms with Gasteiger partial charge in [0, 0.05) is 12.5 Å². The average Bonchev–Trinajstić information content (AvgIpc) is 2.67. The van der Waals surface area contributed by atoms with Gasteiger partial charge in [0.05, 0.1) is 11.8 Å². The fourth-order valence-electron chi connectivity index (χ4n) is 1.88. The van der Waals surface area contributed by atoms with Crippen molar-refractivity contribution in [2.45, 2.75) is 25.7 Å². The van der Waals surface area contributed by atoms with E-state index in [2.05, 4.69) is 10.5 Å². The molecular weight excluding hydrogens is 180 g/mol. The monoisotopic (exact) mass is 194 g/mol. The summed E-state index contributed by atoms with van der Waals surface area (Å²) >= 11 is 0. The van der Waals surface area contributed by atoms with Crippen LogP contribution in [0.15, 0.2) is 10.7 Å². The Balaban J connectivity index is 2.21. The lowest BCUT2D eigenvalue weighted by atomic mass is 9.94. The number of rotatable bonds is 2. The molecule has 1 aromatic heterocycles. The molecule has 0 amide bonds. The lowest BCUT2D eigenvalue weighted by molar-refractivity contribution is 0.101. The van der Waals surface area contributed by atoms with Crippen molar-refractivity contribution >= 4 is 5.78 Å². The van der Waals surface area contributed by atoms with Crippen molar-refractivity contribution in [1.29, 1.82) is 0 Å². The Labute approximate surface area is 82.7 Å². The highest BCUT2D eigenvalue weighted by Crippen LogP contribution is 2.26. The number of ketones is 1. The van der Waals surface area contributed by atoms with Gasteiger partial charge >= 0.3 is 0 Å². The van der Waals surface area contributed by atoms with Gasteiger partial charge in [0.2, 0.25) is 0 Å². The summed E-state index contributed by atoms with van der Waals surface area (Å²) < 4.78 is 5.15. The molecule has 0 bridgehead atoms. The number of nitrogens with one attached hydrogen (secondary N) is 1. The van der Waals surface area contributed by atoms with Crippen LogP contribution < -0.4 is 5.32 Å². The largest absolute Gasteiger partial charge is 0.360 e. The summed E-state index contributed by atoms with van der Waals surface area (Å²) in [6, 6.07) is 0. The number of hydrogen-bond donors (Lipinski definition) is 1.